The summed E-state index contributed by atoms with van der Waals surface area (Å²) in [6.45, 7) is 2.03. The zero-order valence-electron chi connectivity index (χ0n) is 18.1. The summed E-state index contributed by atoms with van der Waals surface area (Å²) < 4.78 is 3.80. The van der Waals surface area contributed by atoms with Gasteiger partial charge in [-0.2, -0.15) is 5.10 Å². The Hall–Kier alpha value is -3.21. The Kier molecular flexibility index (Phi) is 8.37. The second-order valence-electron chi connectivity index (χ2n) is 7.17. The first-order valence-electron chi connectivity index (χ1n) is 10.1. The normalized spacial score (nSPS) is 11.1. The van der Waals surface area contributed by atoms with E-state index in [9.17, 15) is 0 Å². The quantitative estimate of drug-likeness (QED) is 0.213. The molecule has 0 amide bonds. The summed E-state index contributed by atoms with van der Waals surface area (Å²) in [5.74, 6) is 1.56. The molecule has 2 heterocycles. The number of imidazole rings is 1. The maximum atomic E-state index is 4.31. The van der Waals surface area contributed by atoms with Crippen LogP contribution in [-0.2, 0) is 26.7 Å². The molecular formula is C23H27IN8. The zero-order chi connectivity index (χ0) is 21.5. The number of nitrogens with zero attached hydrogens (tertiary/aromatic N) is 6. The Morgan fingerprint density at radius 1 is 1.03 bits per heavy atom. The van der Waals surface area contributed by atoms with Gasteiger partial charge in [0.2, 0.25) is 0 Å². The van der Waals surface area contributed by atoms with Gasteiger partial charge in [0.1, 0.15) is 12.2 Å². The molecule has 0 unspecified atom stereocenters. The summed E-state index contributed by atoms with van der Waals surface area (Å²) >= 11 is 0. The van der Waals surface area contributed by atoms with Crippen molar-refractivity contribution in [3.8, 4) is 11.1 Å². The predicted octanol–water partition coefficient (Wildman–Crippen LogP) is 3.21. The molecule has 2 N–H and O–H groups in total. The predicted molar refractivity (Wildman–Crippen MR) is 137 cm³/mol. The first-order valence-corrected chi connectivity index (χ1v) is 10.1. The molecule has 166 valence electrons. The van der Waals surface area contributed by atoms with Gasteiger partial charge in [0.15, 0.2) is 5.96 Å². The molecule has 0 aliphatic rings. The molecule has 0 spiro atoms. The van der Waals surface area contributed by atoms with Crippen LogP contribution in [0.15, 0.2) is 78.6 Å². The third-order valence-corrected chi connectivity index (χ3v) is 5.10. The van der Waals surface area contributed by atoms with Crippen molar-refractivity contribution in [3.63, 3.8) is 0 Å². The van der Waals surface area contributed by atoms with Gasteiger partial charge in [0.05, 0.1) is 12.9 Å². The maximum Gasteiger partial charge on any atom is 0.191 e. The van der Waals surface area contributed by atoms with Gasteiger partial charge in [-0.15, -0.1) is 24.0 Å². The molecule has 0 aliphatic carbocycles. The highest BCUT2D eigenvalue weighted by Crippen LogP contribution is 2.24. The van der Waals surface area contributed by atoms with Gasteiger partial charge in [-0.1, -0.05) is 48.5 Å². The number of aromatic nitrogens is 5. The lowest BCUT2D eigenvalue weighted by Gasteiger charge is -2.14. The zero-order valence-corrected chi connectivity index (χ0v) is 20.5. The molecule has 2 aromatic carbocycles. The second-order valence-corrected chi connectivity index (χ2v) is 7.17. The van der Waals surface area contributed by atoms with Crippen molar-refractivity contribution >= 4 is 29.9 Å². The minimum Gasteiger partial charge on any atom is -0.352 e. The van der Waals surface area contributed by atoms with Gasteiger partial charge in [-0.3, -0.25) is 9.67 Å². The van der Waals surface area contributed by atoms with Gasteiger partial charge >= 0.3 is 0 Å². The molecule has 0 atom stereocenters. The van der Waals surface area contributed by atoms with Crippen LogP contribution in [0.25, 0.3) is 11.1 Å². The van der Waals surface area contributed by atoms with E-state index in [1.165, 1.54) is 22.3 Å². The third-order valence-electron chi connectivity index (χ3n) is 5.10. The molecule has 32 heavy (non-hydrogen) atoms. The first-order chi connectivity index (χ1) is 15.2. The highest BCUT2D eigenvalue weighted by atomic mass is 127. The van der Waals surface area contributed by atoms with E-state index in [0.29, 0.717) is 19.0 Å². The SMILES string of the molecule is CN=C(NCc1ccccc1-c1ccc(Cn2ccnc2)cc1)NCc1ncnn1C.I. The fraction of sp³-hybridized carbons (Fsp3) is 0.217. The Labute approximate surface area is 204 Å². The number of halogens is 1. The smallest absolute Gasteiger partial charge is 0.191 e. The lowest BCUT2D eigenvalue weighted by Crippen LogP contribution is -2.37. The number of rotatable bonds is 7. The largest absolute Gasteiger partial charge is 0.352 e. The second kappa shape index (κ2) is 11.4. The summed E-state index contributed by atoms with van der Waals surface area (Å²) in [7, 11) is 3.63. The highest BCUT2D eigenvalue weighted by molar-refractivity contribution is 14.0. The maximum absolute atomic E-state index is 4.31. The number of aliphatic imine (C=N–C) groups is 1. The molecule has 9 heteroatoms. The van der Waals surface area contributed by atoms with E-state index in [1.54, 1.807) is 24.3 Å². The van der Waals surface area contributed by atoms with Crippen LogP contribution in [0.2, 0.25) is 0 Å². The Morgan fingerprint density at radius 2 is 1.81 bits per heavy atom. The molecule has 0 fully saturated rings. The van der Waals surface area contributed by atoms with Gasteiger partial charge in [-0.25, -0.2) is 9.97 Å². The topological polar surface area (TPSA) is 84.9 Å². The Morgan fingerprint density at radius 3 is 2.50 bits per heavy atom. The summed E-state index contributed by atoms with van der Waals surface area (Å²) in [5, 5.41) is 10.8. The summed E-state index contributed by atoms with van der Waals surface area (Å²) in [6.07, 6.45) is 7.15. The Bertz CT molecular complexity index is 1130. The Balaban J connectivity index is 0.00000289. The molecule has 0 bridgehead atoms. The van der Waals surface area contributed by atoms with E-state index < -0.39 is 0 Å². The molecule has 0 aliphatic heterocycles. The van der Waals surface area contributed by atoms with E-state index in [2.05, 4.69) is 83.8 Å². The average Bonchev–Trinajstić information content (AvgIpc) is 3.46. The van der Waals surface area contributed by atoms with Gasteiger partial charge < -0.3 is 15.2 Å². The summed E-state index contributed by atoms with van der Waals surface area (Å²) in [5.41, 5.74) is 4.83. The minimum atomic E-state index is 0. The van der Waals surface area contributed by atoms with Crippen molar-refractivity contribution in [1.29, 1.82) is 0 Å². The number of benzene rings is 2. The van der Waals surface area contributed by atoms with E-state index in [4.69, 9.17) is 0 Å². The van der Waals surface area contributed by atoms with Crippen molar-refractivity contribution in [3.05, 3.63) is 90.5 Å². The van der Waals surface area contributed by atoms with E-state index in [1.807, 2.05) is 19.6 Å². The van der Waals surface area contributed by atoms with Crippen molar-refractivity contribution in [2.45, 2.75) is 19.6 Å². The lowest BCUT2D eigenvalue weighted by atomic mass is 9.98. The van der Waals surface area contributed by atoms with E-state index >= 15 is 0 Å². The lowest BCUT2D eigenvalue weighted by molar-refractivity contribution is 0.673. The van der Waals surface area contributed by atoms with Crippen molar-refractivity contribution in [2.24, 2.45) is 12.0 Å². The molecular weight excluding hydrogens is 515 g/mol. The fourth-order valence-electron chi connectivity index (χ4n) is 3.38. The molecule has 0 saturated carbocycles. The third kappa shape index (κ3) is 5.94. The summed E-state index contributed by atoms with van der Waals surface area (Å²) in [4.78, 5) is 12.6. The van der Waals surface area contributed by atoms with Crippen LogP contribution in [0.4, 0.5) is 0 Å². The number of nitrogens with one attached hydrogen (secondary N) is 2. The van der Waals surface area contributed by atoms with E-state index in [0.717, 1.165) is 12.4 Å². The van der Waals surface area contributed by atoms with Crippen LogP contribution >= 0.6 is 24.0 Å². The molecule has 2 aromatic heterocycles. The van der Waals surface area contributed by atoms with Crippen LogP contribution < -0.4 is 10.6 Å². The van der Waals surface area contributed by atoms with Crippen LogP contribution in [0.5, 0.6) is 0 Å². The highest BCUT2D eigenvalue weighted by Gasteiger charge is 2.07. The van der Waals surface area contributed by atoms with Gasteiger partial charge in [0.25, 0.3) is 0 Å². The molecule has 0 saturated heterocycles. The van der Waals surface area contributed by atoms with Gasteiger partial charge in [-0.05, 0) is 22.3 Å². The van der Waals surface area contributed by atoms with Crippen LogP contribution in [0.3, 0.4) is 0 Å². The van der Waals surface area contributed by atoms with Crippen molar-refractivity contribution < 1.29 is 0 Å². The van der Waals surface area contributed by atoms with Crippen LogP contribution in [-0.4, -0.2) is 37.3 Å². The number of guanidine groups is 1. The monoisotopic (exact) mass is 542 g/mol. The number of hydrogen-bond acceptors (Lipinski definition) is 4. The molecule has 0 radical (unpaired) electrons. The van der Waals surface area contributed by atoms with Crippen LogP contribution in [0, 0.1) is 0 Å². The molecule has 4 aromatic rings. The fourth-order valence-corrected chi connectivity index (χ4v) is 3.38. The van der Waals surface area contributed by atoms with Gasteiger partial charge in [0, 0.05) is 39.6 Å². The first kappa shape index (κ1) is 23.5. The van der Waals surface area contributed by atoms with Crippen molar-refractivity contribution in [1.82, 2.24) is 34.9 Å². The van der Waals surface area contributed by atoms with Crippen molar-refractivity contribution in [2.75, 3.05) is 7.05 Å². The molecule has 4 rings (SSSR count). The standard InChI is InChI=1S/C23H26N8.HI/c1-24-23(27-14-22-28-16-29-30(22)2)26-13-20-5-3-4-6-21(20)19-9-7-18(8-10-19)15-31-12-11-25-17-31;/h3-12,16-17H,13-15H2,1-2H3,(H2,24,26,27);1H. The number of aryl methyl sites for hydroxylation is 1. The average molecular weight is 542 g/mol. The van der Waals surface area contributed by atoms with Crippen LogP contribution in [0.1, 0.15) is 17.0 Å². The number of hydrogen-bond donors (Lipinski definition) is 2. The molecule has 8 nitrogen and oxygen atoms in total. The summed E-state index contributed by atoms with van der Waals surface area (Å²) in [6, 6.07) is 17.1. The minimum absolute atomic E-state index is 0. The van der Waals surface area contributed by atoms with E-state index in [-0.39, 0.29) is 24.0 Å².